The second-order valence-electron chi connectivity index (χ2n) is 3.67. The summed E-state index contributed by atoms with van der Waals surface area (Å²) in [6.07, 6.45) is 0. The highest BCUT2D eigenvalue weighted by Gasteiger charge is 2.14. The van der Waals surface area contributed by atoms with E-state index < -0.39 is 6.04 Å². The van der Waals surface area contributed by atoms with Gasteiger partial charge < -0.3 is 5.73 Å². The summed E-state index contributed by atoms with van der Waals surface area (Å²) in [7, 11) is 0. The summed E-state index contributed by atoms with van der Waals surface area (Å²) in [6, 6.07) is 10.1. The van der Waals surface area contributed by atoms with Crippen molar-refractivity contribution in [2.75, 3.05) is 0 Å². The van der Waals surface area contributed by atoms with Crippen LogP contribution in [0, 0.1) is 11.6 Å². The number of hydrogen-bond acceptors (Lipinski definition) is 1. The maximum atomic E-state index is 13.4. The van der Waals surface area contributed by atoms with Crippen LogP contribution in [0.2, 0.25) is 0 Å². The van der Waals surface area contributed by atoms with E-state index in [4.69, 9.17) is 5.73 Å². The molecule has 0 bridgehead atoms. The van der Waals surface area contributed by atoms with Crippen LogP contribution in [0.3, 0.4) is 0 Å². The SMILES string of the molecule is NC(c1ccc(F)cc1)c1cccc(F)c1Br. The predicted octanol–water partition coefficient (Wildman–Crippen LogP) is 3.78. The van der Waals surface area contributed by atoms with Crippen LogP contribution in [0.25, 0.3) is 0 Å². The average molecular weight is 298 g/mol. The van der Waals surface area contributed by atoms with Crippen LogP contribution in [0.15, 0.2) is 46.9 Å². The van der Waals surface area contributed by atoms with Crippen molar-refractivity contribution in [1.82, 2.24) is 0 Å². The normalized spacial score (nSPS) is 12.5. The third kappa shape index (κ3) is 2.53. The molecule has 1 nitrogen and oxygen atoms in total. The van der Waals surface area contributed by atoms with Crippen molar-refractivity contribution in [2.24, 2.45) is 5.73 Å². The van der Waals surface area contributed by atoms with E-state index in [0.29, 0.717) is 10.0 Å². The maximum Gasteiger partial charge on any atom is 0.137 e. The van der Waals surface area contributed by atoms with Gasteiger partial charge in [0.25, 0.3) is 0 Å². The van der Waals surface area contributed by atoms with E-state index in [1.54, 1.807) is 24.3 Å². The van der Waals surface area contributed by atoms with Crippen LogP contribution in [0.4, 0.5) is 8.78 Å². The highest BCUT2D eigenvalue weighted by atomic mass is 79.9. The molecule has 0 aliphatic rings. The zero-order valence-corrected chi connectivity index (χ0v) is 10.4. The number of hydrogen-bond donors (Lipinski definition) is 1. The first-order valence-corrected chi connectivity index (χ1v) is 5.84. The van der Waals surface area contributed by atoms with Crippen LogP contribution >= 0.6 is 15.9 Å². The van der Waals surface area contributed by atoms with E-state index in [-0.39, 0.29) is 11.6 Å². The van der Waals surface area contributed by atoms with Gasteiger partial charge in [-0.2, -0.15) is 0 Å². The molecule has 0 aliphatic carbocycles. The molecule has 0 amide bonds. The van der Waals surface area contributed by atoms with E-state index in [0.717, 1.165) is 5.56 Å². The molecule has 17 heavy (non-hydrogen) atoms. The first kappa shape index (κ1) is 12.2. The van der Waals surface area contributed by atoms with Crippen molar-refractivity contribution in [3.05, 3.63) is 69.7 Å². The Hall–Kier alpha value is -1.26. The van der Waals surface area contributed by atoms with Crippen LogP contribution in [0.1, 0.15) is 17.2 Å². The molecule has 2 aromatic rings. The first-order chi connectivity index (χ1) is 8.09. The molecule has 4 heteroatoms. The lowest BCUT2D eigenvalue weighted by atomic mass is 9.99. The molecule has 0 fully saturated rings. The van der Waals surface area contributed by atoms with Gasteiger partial charge in [0, 0.05) is 0 Å². The van der Waals surface area contributed by atoms with Crippen molar-refractivity contribution < 1.29 is 8.78 Å². The molecule has 0 saturated heterocycles. The van der Waals surface area contributed by atoms with E-state index in [9.17, 15) is 8.78 Å². The van der Waals surface area contributed by atoms with Gasteiger partial charge in [-0.3, -0.25) is 0 Å². The number of nitrogens with two attached hydrogens (primary N) is 1. The molecule has 2 aromatic carbocycles. The van der Waals surface area contributed by atoms with Crippen LogP contribution in [-0.4, -0.2) is 0 Å². The molecule has 1 unspecified atom stereocenters. The number of rotatable bonds is 2. The number of halogens is 3. The Labute approximate surface area is 106 Å². The Balaban J connectivity index is 2.40. The molecule has 0 spiro atoms. The molecule has 0 aromatic heterocycles. The first-order valence-electron chi connectivity index (χ1n) is 5.04. The van der Waals surface area contributed by atoms with Gasteiger partial charge in [0.05, 0.1) is 10.5 Å². The molecule has 0 aliphatic heterocycles. The molecule has 0 saturated carbocycles. The molecule has 2 rings (SSSR count). The third-order valence-corrected chi connectivity index (χ3v) is 3.38. The molecule has 88 valence electrons. The Bertz CT molecular complexity index is 525. The lowest BCUT2D eigenvalue weighted by molar-refractivity contribution is 0.615. The molecular weight excluding hydrogens is 288 g/mol. The van der Waals surface area contributed by atoms with E-state index >= 15 is 0 Å². The zero-order chi connectivity index (χ0) is 12.4. The summed E-state index contributed by atoms with van der Waals surface area (Å²) >= 11 is 3.16. The van der Waals surface area contributed by atoms with Gasteiger partial charge in [-0.1, -0.05) is 24.3 Å². The molecule has 1 atom stereocenters. The summed E-state index contributed by atoms with van der Waals surface area (Å²) in [5, 5.41) is 0. The standard InChI is InChI=1S/C13H10BrF2N/c14-12-10(2-1-3-11(12)16)13(17)8-4-6-9(15)7-5-8/h1-7,13H,17H2. The van der Waals surface area contributed by atoms with Gasteiger partial charge >= 0.3 is 0 Å². The Kier molecular flexibility index (Phi) is 3.54. The molecule has 0 heterocycles. The third-order valence-electron chi connectivity index (χ3n) is 2.55. The quantitative estimate of drug-likeness (QED) is 0.897. The Morgan fingerprint density at radius 3 is 2.29 bits per heavy atom. The minimum absolute atomic E-state index is 0.320. The predicted molar refractivity (Wildman–Crippen MR) is 66.5 cm³/mol. The molecule has 2 N–H and O–H groups in total. The summed E-state index contributed by atoms with van der Waals surface area (Å²) in [5.41, 5.74) is 7.39. The second-order valence-corrected chi connectivity index (χ2v) is 4.47. The number of benzene rings is 2. The Morgan fingerprint density at radius 1 is 1.00 bits per heavy atom. The monoisotopic (exact) mass is 297 g/mol. The van der Waals surface area contributed by atoms with Crippen LogP contribution in [0.5, 0.6) is 0 Å². The summed E-state index contributed by atoms with van der Waals surface area (Å²) < 4.78 is 26.5. The lowest BCUT2D eigenvalue weighted by Crippen LogP contribution is -2.12. The van der Waals surface area contributed by atoms with E-state index in [1.807, 2.05) is 0 Å². The van der Waals surface area contributed by atoms with E-state index in [1.165, 1.54) is 18.2 Å². The fourth-order valence-electron chi connectivity index (χ4n) is 1.61. The minimum atomic E-state index is -0.485. The summed E-state index contributed by atoms with van der Waals surface area (Å²) in [4.78, 5) is 0. The van der Waals surface area contributed by atoms with Crippen molar-refractivity contribution in [3.8, 4) is 0 Å². The average Bonchev–Trinajstić information content (AvgIpc) is 2.33. The van der Waals surface area contributed by atoms with Gasteiger partial charge in [-0.25, -0.2) is 8.78 Å². The minimum Gasteiger partial charge on any atom is -0.320 e. The van der Waals surface area contributed by atoms with Gasteiger partial charge in [0.2, 0.25) is 0 Å². The second kappa shape index (κ2) is 4.94. The van der Waals surface area contributed by atoms with Gasteiger partial charge in [-0.15, -0.1) is 0 Å². The van der Waals surface area contributed by atoms with Gasteiger partial charge in [0.15, 0.2) is 0 Å². The fourth-order valence-corrected chi connectivity index (χ4v) is 2.12. The van der Waals surface area contributed by atoms with Crippen molar-refractivity contribution >= 4 is 15.9 Å². The lowest BCUT2D eigenvalue weighted by Gasteiger charge is -2.14. The van der Waals surface area contributed by atoms with Crippen molar-refractivity contribution in [3.63, 3.8) is 0 Å². The molecule has 0 radical (unpaired) electrons. The highest BCUT2D eigenvalue weighted by Crippen LogP contribution is 2.28. The van der Waals surface area contributed by atoms with Gasteiger partial charge in [-0.05, 0) is 45.3 Å². The zero-order valence-electron chi connectivity index (χ0n) is 8.83. The van der Waals surface area contributed by atoms with E-state index in [2.05, 4.69) is 15.9 Å². The van der Waals surface area contributed by atoms with Crippen LogP contribution < -0.4 is 5.73 Å². The van der Waals surface area contributed by atoms with Gasteiger partial charge in [0.1, 0.15) is 11.6 Å². The molecular formula is C13H10BrF2N. The van der Waals surface area contributed by atoms with Crippen LogP contribution in [-0.2, 0) is 0 Å². The fraction of sp³-hybridized carbons (Fsp3) is 0.0769. The topological polar surface area (TPSA) is 26.0 Å². The van der Waals surface area contributed by atoms with Crippen molar-refractivity contribution in [2.45, 2.75) is 6.04 Å². The smallest absolute Gasteiger partial charge is 0.137 e. The summed E-state index contributed by atoms with van der Waals surface area (Å²) in [5.74, 6) is -0.681. The highest BCUT2D eigenvalue weighted by molar-refractivity contribution is 9.10. The maximum absolute atomic E-state index is 13.4. The largest absolute Gasteiger partial charge is 0.320 e. The summed E-state index contributed by atoms with van der Waals surface area (Å²) in [6.45, 7) is 0. The Morgan fingerprint density at radius 2 is 1.65 bits per heavy atom. The van der Waals surface area contributed by atoms with Crippen molar-refractivity contribution in [1.29, 1.82) is 0 Å².